The molecular formula is C27H41NO3. The Labute approximate surface area is 188 Å². The maximum atomic E-state index is 14.1. The van der Waals surface area contributed by atoms with Crippen LogP contribution in [0.3, 0.4) is 0 Å². The molecule has 0 aromatic rings. The molecule has 4 heteroatoms. The Hall–Kier alpha value is -1.68. The van der Waals surface area contributed by atoms with Crippen molar-refractivity contribution in [3.8, 4) is 0 Å². The van der Waals surface area contributed by atoms with E-state index in [-0.39, 0.29) is 40.4 Å². The van der Waals surface area contributed by atoms with Crippen molar-refractivity contribution in [2.45, 2.75) is 79.9 Å². The summed E-state index contributed by atoms with van der Waals surface area (Å²) in [6.07, 6.45) is 10.2. The van der Waals surface area contributed by atoms with E-state index < -0.39 is 5.72 Å². The second-order valence-corrected chi connectivity index (χ2v) is 11.0. The quantitative estimate of drug-likeness (QED) is 0.443. The number of hydrogen-bond acceptors (Lipinski definition) is 3. The summed E-state index contributed by atoms with van der Waals surface area (Å²) in [4.78, 5) is 27.1. The second-order valence-electron chi connectivity index (χ2n) is 11.0. The molecule has 0 aromatic carbocycles. The van der Waals surface area contributed by atoms with Gasteiger partial charge in [0, 0.05) is 25.4 Å². The van der Waals surface area contributed by atoms with E-state index in [0.29, 0.717) is 18.3 Å². The Kier molecular flexibility index (Phi) is 6.72. The minimum atomic E-state index is -0.884. The standard InChI is InChI=1S/C27H41NO3/c1-9-18(5)22-19(6)14-26(7)13-17(4)10-11-21(26)23(22)24(29)20-15-27(31-8,12-16(2)3)28-25(20)30/h9,14-17,21-23H,10-13H2,1-8H3,(H,28,30)/b18-9-/t17-,21+,22-,23+,26+,27+/m1/s1. The van der Waals surface area contributed by atoms with Gasteiger partial charge in [0.05, 0.1) is 5.57 Å². The van der Waals surface area contributed by atoms with Crippen LogP contribution < -0.4 is 5.32 Å². The predicted molar refractivity (Wildman–Crippen MR) is 125 cm³/mol. The molecular weight excluding hydrogens is 386 g/mol. The van der Waals surface area contributed by atoms with Gasteiger partial charge in [-0.1, -0.05) is 57.4 Å². The lowest BCUT2D eigenvalue weighted by Crippen LogP contribution is -2.48. The predicted octanol–water partition coefficient (Wildman–Crippen LogP) is 5.60. The fraction of sp³-hybridized carbons (Fsp3) is 0.704. The van der Waals surface area contributed by atoms with Gasteiger partial charge in [0.1, 0.15) is 0 Å². The highest BCUT2D eigenvalue weighted by atomic mass is 16.5. The molecule has 31 heavy (non-hydrogen) atoms. The van der Waals surface area contributed by atoms with Gasteiger partial charge in [-0.25, -0.2) is 0 Å². The van der Waals surface area contributed by atoms with Crippen LogP contribution in [0.1, 0.15) is 74.1 Å². The highest BCUT2D eigenvalue weighted by Gasteiger charge is 2.53. The van der Waals surface area contributed by atoms with Crippen LogP contribution in [0.25, 0.3) is 0 Å². The summed E-state index contributed by atoms with van der Waals surface area (Å²) in [5.74, 6) is 0.777. The SMILES string of the molecule is C/C=C(/C)[C@@H]1C(C)=C[C@]2(C)C[C@H](C)CC[C@H]2[C@@H]1C(=O)C1=C[C@](CC(C)C)(OC)NC1=O. The monoisotopic (exact) mass is 427 g/mol. The Balaban J connectivity index is 2.08. The topological polar surface area (TPSA) is 55.4 Å². The first-order chi connectivity index (χ1) is 14.5. The van der Waals surface area contributed by atoms with Gasteiger partial charge in [-0.2, -0.15) is 0 Å². The van der Waals surface area contributed by atoms with Crippen LogP contribution in [-0.2, 0) is 14.3 Å². The van der Waals surface area contributed by atoms with Crippen molar-refractivity contribution in [1.82, 2.24) is 5.32 Å². The molecule has 3 rings (SSSR count). The van der Waals surface area contributed by atoms with Crippen molar-refractivity contribution >= 4 is 11.7 Å². The van der Waals surface area contributed by atoms with Gasteiger partial charge >= 0.3 is 0 Å². The number of Topliss-reactive ketones (excluding diaryl/α,β-unsaturated/α-hetero) is 1. The number of ketones is 1. The fourth-order valence-electron chi connectivity index (χ4n) is 6.70. The lowest BCUT2D eigenvalue weighted by Gasteiger charge is -2.52. The van der Waals surface area contributed by atoms with Crippen molar-refractivity contribution < 1.29 is 14.3 Å². The van der Waals surface area contributed by atoms with Gasteiger partial charge in [0.2, 0.25) is 0 Å². The molecule has 0 saturated heterocycles. The molecule has 1 saturated carbocycles. The number of carbonyl (C=O) groups is 2. The number of ether oxygens (including phenoxy) is 1. The molecule has 0 radical (unpaired) electrons. The third-order valence-corrected chi connectivity index (χ3v) is 7.98. The summed E-state index contributed by atoms with van der Waals surface area (Å²) >= 11 is 0. The van der Waals surface area contributed by atoms with Gasteiger partial charge in [-0.15, -0.1) is 0 Å². The van der Waals surface area contributed by atoms with E-state index in [4.69, 9.17) is 4.74 Å². The molecule has 0 spiro atoms. The summed E-state index contributed by atoms with van der Waals surface area (Å²) in [5, 5.41) is 2.97. The zero-order chi connectivity index (χ0) is 23.1. The number of carbonyl (C=O) groups excluding carboxylic acids is 2. The maximum absolute atomic E-state index is 14.1. The van der Waals surface area contributed by atoms with Crippen LogP contribution in [0.15, 0.2) is 34.9 Å². The summed E-state index contributed by atoms with van der Waals surface area (Å²) in [6, 6.07) is 0. The van der Waals surface area contributed by atoms with Crippen LogP contribution in [0, 0.1) is 35.0 Å². The van der Waals surface area contributed by atoms with Crippen molar-refractivity contribution in [1.29, 1.82) is 0 Å². The number of fused-ring (bicyclic) bond motifs is 1. The van der Waals surface area contributed by atoms with E-state index in [1.165, 1.54) is 11.1 Å². The molecule has 1 heterocycles. The van der Waals surface area contributed by atoms with Gasteiger partial charge in [-0.05, 0) is 62.9 Å². The molecule has 1 aliphatic heterocycles. The van der Waals surface area contributed by atoms with Crippen molar-refractivity contribution in [2.75, 3.05) is 7.11 Å². The third-order valence-electron chi connectivity index (χ3n) is 7.98. The average molecular weight is 428 g/mol. The van der Waals surface area contributed by atoms with Gasteiger partial charge in [0.25, 0.3) is 5.91 Å². The van der Waals surface area contributed by atoms with E-state index in [9.17, 15) is 9.59 Å². The van der Waals surface area contributed by atoms with Crippen molar-refractivity contribution in [3.05, 3.63) is 34.9 Å². The van der Waals surface area contributed by atoms with Gasteiger partial charge in [0.15, 0.2) is 11.5 Å². The first-order valence-corrected chi connectivity index (χ1v) is 11.9. The molecule has 4 nitrogen and oxygen atoms in total. The van der Waals surface area contributed by atoms with Crippen LogP contribution >= 0.6 is 0 Å². The van der Waals surface area contributed by atoms with Crippen LogP contribution in [-0.4, -0.2) is 24.5 Å². The summed E-state index contributed by atoms with van der Waals surface area (Å²) in [6.45, 7) is 15.2. The Morgan fingerprint density at radius 1 is 1.32 bits per heavy atom. The minimum absolute atomic E-state index is 0.00147. The van der Waals surface area contributed by atoms with Crippen LogP contribution in [0.2, 0.25) is 0 Å². The normalized spacial score (nSPS) is 38.5. The van der Waals surface area contributed by atoms with E-state index in [1.807, 2.05) is 6.92 Å². The Morgan fingerprint density at radius 3 is 2.58 bits per heavy atom. The summed E-state index contributed by atoms with van der Waals surface area (Å²) in [5.41, 5.74) is 1.88. The van der Waals surface area contributed by atoms with Crippen molar-refractivity contribution in [2.24, 2.45) is 35.0 Å². The second kappa shape index (κ2) is 8.69. The number of rotatable bonds is 6. The van der Waals surface area contributed by atoms with Gasteiger partial charge < -0.3 is 10.1 Å². The Bertz CT molecular complexity index is 835. The third kappa shape index (κ3) is 4.33. The number of amides is 1. The zero-order valence-corrected chi connectivity index (χ0v) is 20.7. The first kappa shape index (κ1) is 24.0. The summed E-state index contributed by atoms with van der Waals surface area (Å²) < 4.78 is 5.72. The smallest absolute Gasteiger partial charge is 0.257 e. The largest absolute Gasteiger partial charge is 0.355 e. The van der Waals surface area contributed by atoms with E-state index in [1.54, 1.807) is 13.2 Å². The molecule has 0 bridgehead atoms. The lowest BCUT2D eigenvalue weighted by atomic mass is 9.52. The highest BCUT2D eigenvalue weighted by Crippen LogP contribution is 2.56. The molecule has 3 aliphatic rings. The Morgan fingerprint density at radius 2 is 2.00 bits per heavy atom. The molecule has 1 amide bonds. The first-order valence-electron chi connectivity index (χ1n) is 11.9. The number of nitrogens with one attached hydrogen (secondary N) is 1. The lowest BCUT2D eigenvalue weighted by molar-refractivity contribution is -0.129. The number of hydrogen-bond donors (Lipinski definition) is 1. The molecule has 2 aliphatic carbocycles. The molecule has 1 N–H and O–H groups in total. The molecule has 0 unspecified atom stereocenters. The van der Waals surface area contributed by atoms with E-state index >= 15 is 0 Å². The minimum Gasteiger partial charge on any atom is -0.355 e. The fourth-order valence-corrected chi connectivity index (χ4v) is 6.70. The maximum Gasteiger partial charge on any atom is 0.257 e. The van der Waals surface area contributed by atoms with Crippen LogP contribution in [0.4, 0.5) is 0 Å². The number of methoxy groups -OCH3 is 1. The van der Waals surface area contributed by atoms with Crippen LogP contribution in [0.5, 0.6) is 0 Å². The average Bonchev–Trinajstić information content (AvgIpc) is 3.00. The molecule has 1 fully saturated rings. The van der Waals surface area contributed by atoms with E-state index in [0.717, 1.165) is 19.3 Å². The zero-order valence-electron chi connectivity index (χ0n) is 20.7. The molecule has 172 valence electrons. The molecule has 6 atom stereocenters. The molecule has 0 aromatic heterocycles. The van der Waals surface area contributed by atoms with E-state index in [2.05, 4.69) is 59.0 Å². The summed E-state index contributed by atoms with van der Waals surface area (Å²) in [7, 11) is 1.60. The highest BCUT2D eigenvalue weighted by molar-refractivity contribution is 6.22. The number of allylic oxidation sites excluding steroid dienone is 4. The van der Waals surface area contributed by atoms with Crippen molar-refractivity contribution in [3.63, 3.8) is 0 Å². The van der Waals surface area contributed by atoms with Gasteiger partial charge in [-0.3, -0.25) is 9.59 Å².